The zero-order valence-corrected chi connectivity index (χ0v) is 24.1. The van der Waals surface area contributed by atoms with E-state index < -0.39 is 16.8 Å². The van der Waals surface area contributed by atoms with Gasteiger partial charge in [-0.25, -0.2) is 4.79 Å². The number of carbonyl (C=O) groups is 2. The van der Waals surface area contributed by atoms with Gasteiger partial charge in [-0.05, 0) is 54.2 Å². The Hall–Kier alpha value is -4.63. The summed E-state index contributed by atoms with van der Waals surface area (Å²) in [5.41, 5.74) is 3.58. The molecule has 0 amide bonds. The number of nitro groups is 1. The van der Waals surface area contributed by atoms with Crippen LogP contribution in [0.1, 0.15) is 48.3 Å². The Labute approximate surface area is 247 Å². The number of hydrogen-bond acceptors (Lipinski definition) is 8. The van der Waals surface area contributed by atoms with E-state index in [1.807, 2.05) is 42.5 Å². The lowest BCUT2D eigenvalue weighted by Crippen LogP contribution is -2.36. The van der Waals surface area contributed by atoms with Gasteiger partial charge in [0.05, 0.1) is 24.7 Å². The molecule has 0 radical (unpaired) electrons. The van der Waals surface area contributed by atoms with Crippen LogP contribution in [0, 0.1) is 10.1 Å². The number of dihydropyridines is 1. The molecule has 2 aliphatic rings. The van der Waals surface area contributed by atoms with Gasteiger partial charge in [0.25, 0.3) is 5.69 Å². The van der Waals surface area contributed by atoms with Crippen molar-refractivity contribution in [1.82, 2.24) is 5.32 Å². The van der Waals surface area contributed by atoms with Gasteiger partial charge in [0.1, 0.15) is 11.6 Å². The summed E-state index contributed by atoms with van der Waals surface area (Å²) in [6, 6.07) is 19.2. The molecule has 0 saturated carbocycles. The molecule has 1 N–H and O–H groups in total. The Morgan fingerprint density at radius 3 is 2.40 bits per heavy atom. The highest BCUT2D eigenvalue weighted by Gasteiger charge is 2.42. The van der Waals surface area contributed by atoms with Crippen LogP contribution in [0.25, 0.3) is 0 Å². The average Bonchev–Trinajstić information content (AvgIpc) is 2.99. The number of esters is 1. The van der Waals surface area contributed by atoms with Gasteiger partial charge in [-0.15, -0.1) is 0 Å². The molecule has 0 aromatic heterocycles. The highest BCUT2D eigenvalue weighted by molar-refractivity contribution is 6.32. The maximum Gasteiger partial charge on any atom is 0.337 e. The third-order valence-electron chi connectivity index (χ3n) is 7.64. The maximum atomic E-state index is 13.9. The van der Waals surface area contributed by atoms with Crippen molar-refractivity contribution in [3.05, 3.63) is 121 Å². The average molecular weight is 589 g/mol. The molecule has 42 heavy (non-hydrogen) atoms. The highest BCUT2D eigenvalue weighted by atomic mass is 35.5. The van der Waals surface area contributed by atoms with E-state index >= 15 is 0 Å². The third-order valence-corrected chi connectivity index (χ3v) is 7.96. The zero-order chi connectivity index (χ0) is 30.0. The molecule has 0 bridgehead atoms. The first-order chi connectivity index (χ1) is 20.2. The molecule has 216 valence electrons. The number of benzene rings is 3. The summed E-state index contributed by atoms with van der Waals surface area (Å²) in [5, 5.41) is 15.0. The number of nitrogens with zero attached hydrogens (tertiary/aromatic N) is 1. The van der Waals surface area contributed by atoms with Crippen LogP contribution in [-0.4, -0.2) is 30.9 Å². The number of ether oxygens (including phenoxy) is 3. The molecule has 0 spiro atoms. The molecular weight excluding hydrogens is 560 g/mol. The highest BCUT2D eigenvalue weighted by Crippen LogP contribution is 2.47. The number of nitro benzene ring substituents is 1. The first kappa shape index (κ1) is 28.9. The van der Waals surface area contributed by atoms with E-state index in [0.29, 0.717) is 40.5 Å². The lowest BCUT2D eigenvalue weighted by atomic mass is 9.71. The minimum Gasteiger partial charge on any atom is -0.493 e. The predicted molar refractivity (Wildman–Crippen MR) is 156 cm³/mol. The molecule has 9 nitrogen and oxygen atoms in total. The van der Waals surface area contributed by atoms with Crippen LogP contribution >= 0.6 is 11.6 Å². The topological polar surface area (TPSA) is 117 Å². The van der Waals surface area contributed by atoms with Crippen LogP contribution in [0.5, 0.6) is 11.5 Å². The first-order valence-electron chi connectivity index (χ1n) is 13.3. The van der Waals surface area contributed by atoms with Gasteiger partial charge in [-0.1, -0.05) is 54.1 Å². The van der Waals surface area contributed by atoms with Gasteiger partial charge >= 0.3 is 5.97 Å². The first-order valence-corrected chi connectivity index (χ1v) is 13.7. The van der Waals surface area contributed by atoms with E-state index in [1.54, 1.807) is 33.3 Å². The largest absolute Gasteiger partial charge is 0.493 e. The van der Waals surface area contributed by atoms with Gasteiger partial charge in [0.15, 0.2) is 17.3 Å². The van der Waals surface area contributed by atoms with Gasteiger partial charge in [-0.2, -0.15) is 0 Å². The van der Waals surface area contributed by atoms with Crippen LogP contribution in [-0.2, 0) is 20.9 Å². The maximum absolute atomic E-state index is 13.9. The van der Waals surface area contributed by atoms with Crippen molar-refractivity contribution in [2.24, 2.45) is 0 Å². The molecule has 0 saturated heterocycles. The Morgan fingerprint density at radius 1 is 1.00 bits per heavy atom. The molecule has 10 heteroatoms. The SMILES string of the molecule is COc1ccc([C@@H]2CC(=O)C3=C(C2)NC(C)=C(C(=O)OCc2ccccc2)[C@H]3c2ccc(Cl)c([N+](=O)[O-])c2)cc1OC. The predicted octanol–water partition coefficient (Wildman–Crippen LogP) is 6.37. The van der Waals surface area contributed by atoms with Crippen molar-refractivity contribution in [2.45, 2.75) is 38.2 Å². The summed E-state index contributed by atoms with van der Waals surface area (Å²) < 4.78 is 16.5. The second kappa shape index (κ2) is 12.1. The van der Waals surface area contributed by atoms with Crippen molar-refractivity contribution in [3.8, 4) is 11.5 Å². The van der Waals surface area contributed by atoms with Crippen molar-refractivity contribution in [3.63, 3.8) is 0 Å². The van der Waals surface area contributed by atoms with Gasteiger partial charge in [-0.3, -0.25) is 14.9 Å². The van der Waals surface area contributed by atoms with E-state index in [0.717, 1.165) is 11.1 Å². The molecule has 0 unspecified atom stereocenters. The second-order valence-corrected chi connectivity index (χ2v) is 10.6. The van der Waals surface area contributed by atoms with Crippen LogP contribution in [0.4, 0.5) is 5.69 Å². The van der Waals surface area contributed by atoms with Crippen molar-refractivity contribution in [1.29, 1.82) is 0 Å². The van der Waals surface area contributed by atoms with E-state index in [2.05, 4.69) is 5.32 Å². The lowest BCUT2D eigenvalue weighted by molar-refractivity contribution is -0.384. The summed E-state index contributed by atoms with van der Waals surface area (Å²) >= 11 is 6.12. The molecular formula is C32H29ClN2O7. The normalized spacial score (nSPS) is 18.2. The fraction of sp³-hybridized carbons (Fsp3) is 0.250. The minimum atomic E-state index is -0.876. The quantitative estimate of drug-likeness (QED) is 0.183. The van der Waals surface area contributed by atoms with Crippen molar-refractivity contribution in [2.75, 3.05) is 14.2 Å². The Bertz CT molecular complexity index is 1630. The molecule has 5 rings (SSSR count). The number of carbonyl (C=O) groups excluding carboxylic acids is 2. The molecule has 1 heterocycles. The lowest BCUT2D eigenvalue weighted by Gasteiger charge is -2.36. The molecule has 3 aromatic rings. The monoisotopic (exact) mass is 588 g/mol. The summed E-state index contributed by atoms with van der Waals surface area (Å²) in [6.07, 6.45) is 0.653. The van der Waals surface area contributed by atoms with E-state index in [4.69, 9.17) is 25.8 Å². The molecule has 2 atom stereocenters. The number of allylic oxidation sites excluding steroid dienone is 3. The number of Topliss-reactive ketones (excluding diaryl/α,β-unsaturated/α-hetero) is 1. The van der Waals surface area contributed by atoms with Gasteiger partial charge in [0, 0.05) is 35.4 Å². The Kier molecular flexibility index (Phi) is 8.31. The smallest absolute Gasteiger partial charge is 0.337 e. The fourth-order valence-corrected chi connectivity index (χ4v) is 5.82. The minimum absolute atomic E-state index is 0.0329. The number of rotatable bonds is 8. The number of methoxy groups -OCH3 is 2. The Balaban J connectivity index is 1.56. The van der Waals surface area contributed by atoms with E-state index in [1.165, 1.54) is 12.1 Å². The second-order valence-electron chi connectivity index (χ2n) is 10.2. The molecule has 1 aliphatic heterocycles. The van der Waals surface area contributed by atoms with Crippen LogP contribution in [0.15, 0.2) is 89.3 Å². The summed E-state index contributed by atoms with van der Waals surface area (Å²) in [6.45, 7) is 1.77. The number of halogens is 1. The number of hydrogen-bond donors (Lipinski definition) is 1. The molecule has 3 aromatic carbocycles. The summed E-state index contributed by atoms with van der Waals surface area (Å²) in [5.74, 6) is -0.687. The standard InChI is InChI=1S/C32H29ClN2O7/c1-18-29(32(37)42-17-19-7-5-4-6-8-19)30(21-9-11-23(33)25(14-21)35(38)39)31-24(34-18)13-22(15-26(31)36)20-10-12-27(40-2)28(16-20)41-3/h4-12,14,16,22,30,34H,13,15,17H2,1-3H3/t22-,30+/m0/s1. The van der Waals surface area contributed by atoms with Gasteiger partial charge in [0.2, 0.25) is 0 Å². The summed E-state index contributed by atoms with van der Waals surface area (Å²) in [4.78, 5) is 38.7. The van der Waals surface area contributed by atoms with Crippen molar-refractivity contribution < 1.29 is 28.7 Å². The zero-order valence-electron chi connectivity index (χ0n) is 23.3. The number of ketones is 1. The fourth-order valence-electron chi connectivity index (χ4n) is 5.64. The summed E-state index contributed by atoms with van der Waals surface area (Å²) in [7, 11) is 3.11. The van der Waals surface area contributed by atoms with Crippen molar-refractivity contribution >= 4 is 29.0 Å². The van der Waals surface area contributed by atoms with Crippen LogP contribution in [0.2, 0.25) is 5.02 Å². The Morgan fingerprint density at radius 2 is 1.71 bits per heavy atom. The van der Waals surface area contributed by atoms with E-state index in [9.17, 15) is 19.7 Å². The molecule has 0 fully saturated rings. The molecule has 1 aliphatic carbocycles. The third kappa shape index (κ3) is 5.60. The van der Waals surface area contributed by atoms with Crippen LogP contribution < -0.4 is 14.8 Å². The number of nitrogens with one attached hydrogen (secondary N) is 1. The van der Waals surface area contributed by atoms with Gasteiger partial charge < -0.3 is 19.5 Å². The van der Waals surface area contributed by atoms with E-state index in [-0.39, 0.29) is 41.0 Å². The van der Waals surface area contributed by atoms with Crippen LogP contribution in [0.3, 0.4) is 0 Å².